The first-order chi connectivity index (χ1) is 13.2. The van der Waals surface area contributed by atoms with Gasteiger partial charge in [-0.25, -0.2) is 9.18 Å². The van der Waals surface area contributed by atoms with Gasteiger partial charge in [0.25, 0.3) is 0 Å². The Morgan fingerprint density at radius 2 is 2.00 bits per heavy atom. The summed E-state index contributed by atoms with van der Waals surface area (Å²) in [5.41, 5.74) is 2.29. The molecule has 1 amide bonds. The van der Waals surface area contributed by atoms with Crippen LogP contribution in [-0.2, 0) is 11.2 Å². The van der Waals surface area contributed by atoms with Gasteiger partial charge in [0.15, 0.2) is 0 Å². The molecule has 1 atom stereocenters. The zero-order chi connectivity index (χ0) is 20.6. The highest BCUT2D eigenvalue weighted by Crippen LogP contribution is 2.37. The van der Waals surface area contributed by atoms with Crippen LogP contribution in [0.3, 0.4) is 0 Å². The topological polar surface area (TPSA) is 69.6 Å². The molecule has 0 bridgehead atoms. The molecule has 28 heavy (non-hydrogen) atoms. The average Bonchev–Trinajstić information content (AvgIpc) is 2.61. The summed E-state index contributed by atoms with van der Waals surface area (Å²) in [6.45, 7) is 3.85. The Bertz CT molecular complexity index is 965. The van der Waals surface area contributed by atoms with Crippen molar-refractivity contribution >= 4 is 40.8 Å². The summed E-state index contributed by atoms with van der Waals surface area (Å²) in [7, 11) is 0. The lowest BCUT2D eigenvalue weighted by atomic mass is 9.93. The van der Waals surface area contributed by atoms with Crippen LogP contribution in [0.15, 0.2) is 24.3 Å². The van der Waals surface area contributed by atoms with Crippen molar-refractivity contribution in [3.05, 3.63) is 62.4 Å². The zero-order valence-corrected chi connectivity index (χ0v) is 16.9. The van der Waals surface area contributed by atoms with Crippen LogP contribution in [-0.4, -0.2) is 35.0 Å². The van der Waals surface area contributed by atoms with Gasteiger partial charge in [0.1, 0.15) is 5.82 Å². The first kappa shape index (κ1) is 20.4. The van der Waals surface area contributed by atoms with Gasteiger partial charge in [-0.05, 0) is 61.2 Å². The SMILES string of the molecule is Cc1cc(NCC(=O)N2CCc3cc(Cl)cc(Cl)c3C2C)c(F)cc1C(=O)O. The van der Waals surface area contributed by atoms with Crippen LogP contribution < -0.4 is 5.32 Å². The van der Waals surface area contributed by atoms with Gasteiger partial charge in [-0.1, -0.05) is 23.2 Å². The van der Waals surface area contributed by atoms with Crippen molar-refractivity contribution in [2.45, 2.75) is 26.3 Å². The molecule has 1 aliphatic rings. The molecule has 0 fully saturated rings. The van der Waals surface area contributed by atoms with Crippen molar-refractivity contribution in [1.29, 1.82) is 0 Å². The molecule has 0 saturated carbocycles. The number of carboxylic acid groups (broad SMARTS) is 1. The number of carbonyl (C=O) groups is 2. The number of aromatic carboxylic acids is 1. The summed E-state index contributed by atoms with van der Waals surface area (Å²) in [5.74, 6) is -2.12. The van der Waals surface area contributed by atoms with Gasteiger partial charge in [-0.2, -0.15) is 0 Å². The van der Waals surface area contributed by atoms with E-state index in [1.165, 1.54) is 6.07 Å². The fourth-order valence-electron chi connectivity index (χ4n) is 3.56. The number of fused-ring (bicyclic) bond motifs is 1. The Morgan fingerprint density at radius 1 is 1.29 bits per heavy atom. The smallest absolute Gasteiger partial charge is 0.336 e. The Hall–Kier alpha value is -2.31. The third-order valence-electron chi connectivity index (χ3n) is 4.98. The molecule has 8 heteroatoms. The second-order valence-corrected chi connectivity index (χ2v) is 7.62. The zero-order valence-electron chi connectivity index (χ0n) is 15.4. The van der Waals surface area contributed by atoms with Crippen molar-refractivity contribution in [2.75, 3.05) is 18.4 Å². The van der Waals surface area contributed by atoms with E-state index in [-0.39, 0.29) is 29.7 Å². The van der Waals surface area contributed by atoms with Gasteiger partial charge >= 0.3 is 5.97 Å². The second kappa shape index (κ2) is 7.97. The minimum Gasteiger partial charge on any atom is -0.478 e. The number of benzene rings is 2. The molecule has 0 aliphatic carbocycles. The summed E-state index contributed by atoms with van der Waals surface area (Å²) in [6, 6.07) is 5.63. The highest BCUT2D eigenvalue weighted by molar-refractivity contribution is 6.35. The molecular formula is C20H19Cl2FN2O3. The number of amides is 1. The van der Waals surface area contributed by atoms with Crippen molar-refractivity contribution < 1.29 is 19.1 Å². The van der Waals surface area contributed by atoms with E-state index in [9.17, 15) is 14.0 Å². The number of carbonyl (C=O) groups excluding carboxylic acids is 1. The van der Waals surface area contributed by atoms with Crippen LogP contribution in [0.5, 0.6) is 0 Å². The van der Waals surface area contributed by atoms with Crippen molar-refractivity contribution in [3.8, 4) is 0 Å². The Labute approximate surface area is 172 Å². The number of rotatable bonds is 4. The highest BCUT2D eigenvalue weighted by Gasteiger charge is 2.29. The third kappa shape index (κ3) is 3.93. The Morgan fingerprint density at radius 3 is 2.68 bits per heavy atom. The van der Waals surface area contributed by atoms with Gasteiger partial charge in [0.2, 0.25) is 5.91 Å². The van der Waals surface area contributed by atoms with Crippen molar-refractivity contribution in [2.24, 2.45) is 0 Å². The van der Waals surface area contributed by atoms with E-state index >= 15 is 0 Å². The Kier molecular flexibility index (Phi) is 5.82. The quantitative estimate of drug-likeness (QED) is 0.746. The minimum atomic E-state index is -1.20. The molecular weight excluding hydrogens is 406 g/mol. The minimum absolute atomic E-state index is 0.0886. The van der Waals surface area contributed by atoms with Crippen LogP contribution in [0.1, 0.15) is 40.0 Å². The van der Waals surface area contributed by atoms with E-state index in [2.05, 4.69) is 5.32 Å². The third-order valence-corrected chi connectivity index (χ3v) is 5.51. The normalized spacial score (nSPS) is 15.9. The maximum Gasteiger partial charge on any atom is 0.336 e. The van der Waals surface area contributed by atoms with E-state index in [0.29, 0.717) is 28.6 Å². The van der Waals surface area contributed by atoms with E-state index < -0.39 is 11.8 Å². The van der Waals surface area contributed by atoms with Gasteiger partial charge < -0.3 is 15.3 Å². The van der Waals surface area contributed by atoms with Gasteiger partial charge in [-0.15, -0.1) is 0 Å². The van der Waals surface area contributed by atoms with E-state index in [4.69, 9.17) is 28.3 Å². The number of hydrogen-bond acceptors (Lipinski definition) is 3. The maximum absolute atomic E-state index is 14.2. The number of hydrogen-bond donors (Lipinski definition) is 2. The largest absolute Gasteiger partial charge is 0.478 e. The summed E-state index contributed by atoms with van der Waals surface area (Å²) in [4.78, 5) is 25.5. The van der Waals surface area contributed by atoms with Gasteiger partial charge in [0, 0.05) is 16.6 Å². The molecule has 5 nitrogen and oxygen atoms in total. The first-order valence-electron chi connectivity index (χ1n) is 8.73. The van der Waals surface area contributed by atoms with Gasteiger partial charge in [0.05, 0.1) is 23.8 Å². The van der Waals surface area contributed by atoms with Crippen LogP contribution in [0.25, 0.3) is 0 Å². The van der Waals surface area contributed by atoms with Crippen molar-refractivity contribution in [3.63, 3.8) is 0 Å². The number of nitrogens with one attached hydrogen (secondary N) is 1. The molecule has 2 N–H and O–H groups in total. The summed E-state index contributed by atoms with van der Waals surface area (Å²) in [5, 5.41) is 12.9. The van der Waals surface area contributed by atoms with Gasteiger partial charge in [-0.3, -0.25) is 4.79 Å². The number of aryl methyl sites for hydroxylation is 1. The summed E-state index contributed by atoms with van der Waals surface area (Å²) in [6.07, 6.45) is 0.631. The molecule has 1 unspecified atom stereocenters. The fraction of sp³-hybridized carbons (Fsp3) is 0.300. The molecule has 0 spiro atoms. The standard InChI is InChI=1S/C20H19Cl2FN2O3/c1-10-5-17(16(23)8-14(10)20(27)28)24-9-18(26)25-4-3-12-6-13(21)7-15(22)19(12)11(25)2/h5-8,11,24H,3-4,9H2,1-2H3,(H,27,28). The predicted octanol–water partition coefficient (Wildman–Crippen LogP) is 4.70. The first-order valence-corrected chi connectivity index (χ1v) is 9.49. The lowest BCUT2D eigenvalue weighted by molar-refractivity contribution is -0.131. The molecule has 3 rings (SSSR count). The molecule has 2 aromatic rings. The van der Waals surface area contributed by atoms with E-state index in [1.54, 1.807) is 17.9 Å². The monoisotopic (exact) mass is 424 g/mol. The average molecular weight is 425 g/mol. The Balaban J connectivity index is 1.74. The number of nitrogens with zero attached hydrogens (tertiary/aromatic N) is 1. The fourth-order valence-corrected chi connectivity index (χ4v) is 4.26. The maximum atomic E-state index is 14.2. The van der Waals surface area contributed by atoms with Crippen LogP contribution in [0, 0.1) is 12.7 Å². The number of halogens is 3. The summed E-state index contributed by atoms with van der Waals surface area (Å²) >= 11 is 12.4. The lowest BCUT2D eigenvalue weighted by Gasteiger charge is -2.36. The summed E-state index contributed by atoms with van der Waals surface area (Å²) < 4.78 is 14.2. The van der Waals surface area contributed by atoms with Crippen LogP contribution in [0.2, 0.25) is 10.0 Å². The molecule has 0 saturated heterocycles. The van der Waals surface area contributed by atoms with E-state index in [1.807, 2.05) is 13.0 Å². The lowest BCUT2D eigenvalue weighted by Crippen LogP contribution is -2.42. The molecule has 148 valence electrons. The molecule has 1 heterocycles. The van der Waals surface area contributed by atoms with Crippen molar-refractivity contribution in [1.82, 2.24) is 4.90 Å². The molecule has 2 aromatic carbocycles. The molecule has 0 aromatic heterocycles. The number of carboxylic acids is 1. The van der Waals surface area contributed by atoms with Crippen LogP contribution >= 0.6 is 23.2 Å². The molecule has 1 aliphatic heterocycles. The van der Waals surface area contributed by atoms with Crippen LogP contribution in [0.4, 0.5) is 10.1 Å². The molecule has 0 radical (unpaired) electrons. The highest BCUT2D eigenvalue weighted by atomic mass is 35.5. The number of anilines is 1. The van der Waals surface area contributed by atoms with E-state index in [0.717, 1.165) is 17.2 Å². The predicted molar refractivity (Wildman–Crippen MR) is 107 cm³/mol. The second-order valence-electron chi connectivity index (χ2n) is 6.78.